The lowest BCUT2D eigenvalue weighted by Gasteiger charge is -2.25. The van der Waals surface area contributed by atoms with E-state index in [4.69, 9.17) is 5.73 Å². The maximum atomic E-state index is 13.4. The first-order chi connectivity index (χ1) is 19.5. The van der Waals surface area contributed by atoms with Gasteiger partial charge in [0.1, 0.15) is 29.6 Å². The van der Waals surface area contributed by atoms with Gasteiger partial charge in [0.2, 0.25) is 23.6 Å². The minimum Gasteiger partial charge on any atom is -0.508 e. The van der Waals surface area contributed by atoms with Crippen LogP contribution in [0, 0.1) is 0 Å². The van der Waals surface area contributed by atoms with E-state index in [-0.39, 0.29) is 43.1 Å². The number of carbonyl (C=O) groups is 5. The first-order valence-corrected chi connectivity index (χ1v) is 13.2. The Morgan fingerprint density at radius 2 is 1.32 bits per heavy atom. The molecular formula is C28H35N5O8. The van der Waals surface area contributed by atoms with Gasteiger partial charge in [-0.1, -0.05) is 24.3 Å². The van der Waals surface area contributed by atoms with E-state index >= 15 is 0 Å². The molecule has 4 atom stereocenters. The summed E-state index contributed by atoms with van der Waals surface area (Å²) in [6.07, 6.45) is 0.856. The molecule has 4 unspecified atom stereocenters. The highest BCUT2D eigenvalue weighted by atomic mass is 16.4. The lowest BCUT2D eigenvalue weighted by molar-refractivity contribution is -0.142. The summed E-state index contributed by atoms with van der Waals surface area (Å²) >= 11 is 0. The predicted molar refractivity (Wildman–Crippen MR) is 147 cm³/mol. The summed E-state index contributed by atoms with van der Waals surface area (Å²) in [7, 11) is 0. The molecule has 1 aliphatic rings. The summed E-state index contributed by atoms with van der Waals surface area (Å²) in [5.74, 6) is -3.99. The van der Waals surface area contributed by atoms with E-state index in [1.807, 2.05) is 0 Å². The second kappa shape index (κ2) is 14.7. The van der Waals surface area contributed by atoms with Crippen molar-refractivity contribution < 1.29 is 39.3 Å². The highest BCUT2D eigenvalue weighted by molar-refractivity contribution is 5.94. The average molecular weight is 570 g/mol. The number of primary amides is 1. The molecule has 0 radical (unpaired) electrons. The van der Waals surface area contributed by atoms with E-state index < -0.39 is 47.9 Å². The molecule has 13 nitrogen and oxygen atoms in total. The molecule has 0 saturated carbocycles. The van der Waals surface area contributed by atoms with Crippen molar-refractivity contribution >= 4 is 29.6 Å². The largest absolute Gasteiger partial charge is 0.508 e. The van der Waals surface area contributed by atoms with Crippen LogP contribution in [0.4, 0.5) is 0 Å². The second-order valence-electron chi connectivity index (χ2n) is 9.92. The van der Waals surface area contributed by atoms with Crippen molar-refractivity contribution in [2.45, 2.75) is 62.7 Å². The Balaban J connectivity index is 1.77. The maximum Gasteiger partial charge on any atom is 0.326 e. The van der Waals surface area contributed by atoms with Crippen molar-refractivity contribution in [3.05, 3.63) is 59.7 Å². The van der Waals surface area contributed by atoms with E-state index in [1.54, 1.807) is 12.1 Å². The number of phenols is 2. The molecule has 0 aliphatic carbocycles. The fourth-order valence-electron chi connectivity index (χ4n) is 4.43. The number of hydrogen-bond donors (Lipinski definition) is 8. The Kier molecular flexibility index (Phi) is 11.0. The van der Waals surface area contributed by atoms with Gasteiger partial charge in [0, 0.05) is 19.3 Å². The third-order valence-electron chi connectivity index (χ3n) is 6.69. The Morgan fingerprint density at radius 3 is 1.80 bits per heavy atom. The van der Waals surface area contributed by atoms with Crippen LogP contribution in [0.5, 0.6) is 11.5 Å². The number of benzene rings is 2. The number of aromatic hydroxyl groups is 2. The summed E-state index contributed by atoms with van der Waals surface area (Å²) < 4.78 is 0. The van der Waals surface area contributed by atoms with Crippen LogP contribution in [0.2, 0.25) is 0 Å². The van der Waals surface area contributed by atoms with Gasteiger partial charge in [-0.05, 0) is 61.2 Å². The number of nitrogens with two attached hydrogens (primary N) is 1. The number of carboxylic acids is 1. The Labute approximate surface area is 236 Å². The molecule has 2 aromatic rings. The molecule has 220 valence electrons. The van der Waals surface area contributed by atoms with E-state index in [0.717, 1.165) is 6.42 Å². The van der Waals surface area contributed by atoms with Gasteiger partial charge in [0.05, 0.1) is 6.04 Å². The normalized spacial score (nSPS) is 16.6. The number of carbonyl (C=O) groups excluding carboxylic acids is 4. The number of rotatable bonds is 14. The van der Waals surface area contributed by atoms with Gasteiger partial charge in [-0.15, -0.1) is 0 Å². The van der Waals surface area contributed by atoms with Crippen LogP contribution in [-0.4, -0.2) is 75.6 Å². The SMILES string of the molecule is NC(=O)CCC(NC(=O)C(Cc1ccc(O)cc1)NC(=O)C1CCCN1)C(=O)NC(Cc1ccc(O)cc1)C(=O)O. The number of carboxylic acid groups (broad SMARTS) is 1. The van der Waals surface area contributed by atoms with Crippen molar-refractivity contribution in [2.75, 3.05) is 6.54 Å². The summed E-state index contributed by atoms with van der Waals surface area (Å²) in [6.45, 7) is 0.664. The summed E-state index contributed by atoms with van der Waals surface area (Å²) in [6, 6.07) is 7.55. The number of phenolic OH excluding ortho intramolecular Hbond substituents is 2. The van der Waals surface area contributed by atoms with Crippen molar-refractivity contribution in [3.8, 4) is 11.5 Å². The highest BCUT2D eigenvalue weighted by Gasteiger charge is 2.32. The molecule has 0 aromatic heterocycles. The van der Waals surface area contributed by atoms with Crippen LogP contribution in [0.1, 0.15) is 36.8 Å². The average Bonchev–Trinajstić information content (AvgIpc) is 3.47. The van der Waals surface area contributed by atoms with Crippen molar-refractivity contribution in [2.24, 2.45) is 5.73 Å². The van der Waals surface area contributed by atoms with E-state index in [9.17, 15) is 39.3 Å². The fraction of sp³-hybridized carbons (Fsp3) is 0.393. The Hall–Kier alpha value is -4.65. The predicted octanol–water partition coefficient (Wildman–Crippen LogP) is -0.560. The third-order valence-corrected chi connectivity index (χ3v) is 6.69. The van der Waals surface area contributed by atoms with Gasteiger partial charge in [0.25, 0.3) is 0 Å². The molecule has 2 aromatic carbocycles. The fourth-order valence-corrected chi connectivity index (χ4v) is 4.43. The summed E-state index contributed by atoms with van der Waals surface area (Å²) in [4.78, 5) is 62.9. The van der Waals surface area contributed by atoms with Gasteiger partial charge in [-0.25, -0.2) is 4.79 Å². The summed E-state index contributed by atoms with van der Waals surface area (Å²) in [5.41, 5.74) is 6.42. The van der Waals surface area contributed by atoms with Gasteiger partial charge in [-0.2, -0.15) is 0 Å². The number of amides is 4. The molecule has 9 N–H and O–H groups in total. The standard InChI is InChI=1S/C28H35N5O8/c29-24(36)12-11-21(26(38)33-23(28(40)41)15-17-5-9-19(35)10-6-17)31-27(39)22(14-16-3-7-18(34)8-4-16)32-25(37)20-2-1-13-30-20/h3-10,20-23,30,34-35H,1-2,11-15H2,(H2,29,36)(H,31,39)(H,32,37)(H,33,38)(H,40,41). The molecule has 1 aliphatic heterocycles. The first-order valence-electron chi connectivity index (χ1n) is 13.2. The molecule has 3 rings (SSSR count). The minimum atomic E-state index is -1.37. The van der Waals surface area contributed by atoms with E-state index in [2.05, 4.69) is 21.3 Å². The van der Waals surface area contributed by atoms with Gasteiger partial charge in [-0.3, -0.25) is 19.2 Å². The summed E-state index contributed by atoms with van der Waals surface area (Å²) in [5, 5.41) is 39.5. The molecule has 1 saturated heterocycles. The van der Waals surface area contributed by atoms with Gasteiger partial charge in [0.15, 0.2) is 0 Å². The lowest BCUT2D eigenvalue weighted by Crippen LogP contribution is -2.57. The van der Waals surface area contributed by atoms with Crippen LogP contribution in [0.15, 0.2) is 48.5 Å². The molecule has 4 amide bonds. The van der Waals surface area contributed by atoms with Crippen LogP contribution >= 0.6 is 0 Å². The molecule has 0 bridgehead atoms. The van der Waals surface area contributed by atoms with Crippen molar-refractivity contribution in [1.82, 2.24) is 21.3 Å². The van der Waals surface area contributed by atoms with E-state index in [0.29, 0.717) is 24.1 Å². The van der Waals surface area contributed by atoms with Gasteiger partial charge < -0.3 is 42.3 Å². The molecule has 1 fully saturated rings. The van der Waals surface area contributed by atoms with Crippen LogP contribution in [0.25, 0.3) is 0 Å². The van der Waals surface area contributed by atoms with E-state index in [1.165, 1.54) is 36.4 Å². The van der Waals surface area contributed by atoms with Crippen LogP contribution in [-0.2, 0) is 36.8 Å². The maximum absolute atomic E-state index is 13.4. The minimum absolute atomic E-state index is 0.00319. The van der Waals surface area contributed by atoms with Gasteiger partial charge >= 0.3 is 5.97 Å². The smallest absolute Gasteiger partial charge is 0.326 e. The molecular weight excluding hydrogens is 534 g/mol. The second-order valence-corrected chi connectivity index (χ2v) is 9.92. The number of aliphatic carboxylic acids is 1. The zero-order chi connectivity index (χ0) is 29.9. The third kappa shape index (κ3) is 9.80. The lowest BCUT2D eigenvalue weighted by atomic mass is 10.0. The molecule has 13 heteroatoms. The Morgan fingerprint density at radius 1 is 0.805 bits per heavy atom. The number of nitrogens with one attached hydrogen (secondary N) is 4. The molecule has 1 heterocycles. The zero-order valence-corrected chi connectivity index (χ0v) is 22.3. The topological polar surface area (TPSA) is 220 Å². The van der Waals surface area contributed by atoms with Crippen molar-refractivity contribution in [1.29, 1.82) is 0 Å². The van der Waals surface area contributed by atoms with Crippen LogP contribution < -0.4 is 27.0 Å². The Bertz CT molecular complexity index is 1230. The molecule has 0 spiro atoms. The van der Waals surface area contributed by atoms with Crippen LogP contribution in [0.3, 0.4) is 0 Å². The highest BCUT2D eigenvalue weighted by Crippen LogP contribution is 2.14. The first kappa shape index (κ1) is 30.9. The monoisotopic (exact) mass is 569 g/mol. The molecule has 41 heavy (non-hydrogen) atoms. The number of hydrogen-bond acceptors (Lipinski definition) is 8. The zero-order valence-electron chi connectivity index (χ0n) is 22.3. The van der Waals surface area contributed by atoms with Crippen molar-refractivity contribution in [3.63, 3.8) is 0 Å². The quantitative estimate of drug-likeness (QED) is 0.146.